The standard InChI is InChI=1S/C15H17Cl/c1-2-3-4-5-12-6-7-14-11-15(16)9-8-13(14)10-12/h6-11H,2-5H2,1H3. The third kappa shape index (κ3) is 2.76. The number of aryl methyl sites for hydroxylation is 1. The normalized spacial score (nSPS) is 10.9. The van der Waals surface area contributed by atoms with E-state index >= 15 is 0 Å². The molecule has 0 N–H and O–H groups in total. The maximum atomic E-state index is 5.96. The Labute approximate surface area is 102 Å². The molecule has 0 atom stereocenters. The lowest BCUT2D eigenvalue weighted by molar-refractivity contribution is 0.718. The van der Waals surface area contributed by atoms with Gasteiger partial charge in [0.15, 0.2) is 0 Å². The van der Waals surface area contributed by atoms with E-state index in [1.165, 1.54) is 42.0 Å². The average Bonchev–Trinajstić information content (AvgIpc) is 2.29. The SMILES string of the molecule is CCCCCc1ccc2cc(Cl)ccc2c1. The third-order valence-corrected chi connectivity index (χ3v) is 3.17. The minimum Gasteiger partial charge on any atom is -0.0843 e. The van der Waals surface area contributed by atoms with Gasteiger partial charge < -0.3 is 0 Å². The summed E-state index contributed by atoms with van der Waals surface area (Å²) in [6.07, 6.45) is 5.07. The van der Waals surface area contributed by atoms with Crippen LogP contribution in [-0.2, 0) is 6.42 Å². The lowest BCUT2D eigenvalue weighted by Gasteiger charge is -2.04. The molecule has 2 aromatic rings. The number of benzene rings is 2. The summed E-state index contributed by atoms with van der Waals surface area (Å²) in [5, 5.41) is 3.33. The van der Waals surface area contributed by atoms with E-state index in [1.807, 2.05) is 12.1 Å². The van der Waals surface area contributed by atoms with Gasteiger partial charge in [0.25, 0.3) is 0 Å². The zero-order chi connectivity index (χ0) is 11.4. The molecule has 0 nitrogen and oxygen atoms in total. The van der Waals surface area contributed by atoms with Crippen LogP contribution in [0.25, 0.3) is 10.8 Å². The summed E-state index contributed by atoms with van der Waals surface area (Å²) in [6, 6.07) is 12.7. The van der Waals surface area contributed by atoms with Gasteiger partial charge in [0, 0.05) is 5.02 Å². The van der Waals surface area contributed by atoms with Crippen molar-refractivity contribution < 1.29 is 0 Å². The molecule has 0 unspecified atom stereocenters. The molecule has 0 spiro atoms. The summed E-state index contributed by atoms with van der Waals surface area (Å²) in [4.78, 5) is 0. The molecule has 0 aliphatic rings. The van der Waals surface area contributed by atoms with Crippen molar-refractivity contribution in [3.63, 3.8) is 0 Å². The Hall–Kier alpha value is -1.01. The summed E-state index contributed by atoms with van der Waals surface area (Å²) in [6.45, 7) is 2.24. The van der Waals surface area contributed by atoms with Crippen LogP contribution in [0.4, 0.5) is 0 Å². The van der Waals surface area contributed by atoms with Gasteiger partial charge in [0.1, 0.15) is 0 Å². The monoisotopic (exact) mass is 232 g/mol. The van der Waals surface area contributed by atoms with E-state index in [0.717, 1.165) is 5.02 Å². The van der Waals surface area contributed by atoms with Gasteiger partial charge in [-0.05, 0) is 41.3 Å². The topological polar surface area (TPSA) is 0 Å². The lowest BCUT2D eigenvalue weighted by atomic mass is 10.0. The predicted molar refractivity (Wildman–Crippen MR) is 72.2 cm³/mol. The van der Waals surface area contributed by atoms with Crippen molar-refractivity contribution in [1.82, 2.24) is 0 Å². The number of hydrogen-bond donors (Lipinski definition) is 0. The molecule has 0 aliphatic carbocycles. The second-order valence-corrected chi connectivity index (χ2v) is 4.72. The largest absolute Gasteiger partial charge is 0.0843 e. The van der Waals surface area contributed by atoms with Crippen molar-refractivity contribution in [2.75, 3.05) is 0 Å². The first-order chi connectivity index (χ1) is 7.79. The molecule has 0 saturated heterocycles. The van der Waals surface area contributed by atoms with Crippen LogP contribution in [0.15, 0.2) is 36.4 Å². The summed E-state index contributed by atoms with van der Waals surface area (Å²) in [5.74, 6) is 0. The Morgan fingerprint density at radius 3 is 2.50 bits per heavy atom. The smallest absolute Gasteiger partial charge is 0.0412 e. The van der Waals surface area contributed by atoms with Crippen LogP contribution in [0.1, 0.15) is 31.7 Å². The van der Waals surface area contributed by atoms with E-state index in [2.05, 4.69) is 31.2 Å². The number of hydrogen-bond acceptors (Lipinski definition) is 0. The van der Waals surface area contributed by atoms with Gasteiger partial charge in [-0.1, -0.05) is 55.6 Å². The van der Waals surface area contributed by atoms with Gasteiger partial charge in [0.2, 0.25) is 0 Å². The van der Waals surface area contributed by atoms with Crippen LogP contribution < -0.4 is 0 Å². The second-order valence-electron chi connectivity index (χ2n) is 4.28. The van der Waals surface area contributed by atoms with Crippen molar-refractivity contribution in [1.29, 1.82) is 0 Å². The maximum absolute atomic E-state index is 5.96. The minimum absolute atomic E-state index is 0.811. The van der Waals surface area contributed by atoms with Crippen LogP contribution in [0, 0.1) is 0 Å². The van der Waals surface area contributed by atoms with Crippen LogP contribution in [0.2, 0.25) is 5.02 Å². The second kappa shape index (κ2) is 5.36. The molecule has 0 fully saturated rings. The summed E-state index contributed by atoms with van der Waals surface area (Å²) >= 11 is 5.96. The van der Waals surface area contributed by atoms with Gasteiger partial charge in [-0.3, -0.25) is 0 Å². The summed E-state index contributed by atoms with van der Waals surface area (Å²) < 4.78 is 0. The van der Waals surface area contributed by atoms with E-state index in [0.29, 0.717) is 0 Å². The lowest BCUT2D eigenvalue weighted by Crippen LogP contribution is -1.85. The molecular formula is C15H17Cl. The zero-order valence-corrected chi connectivity index (χ0v) is 10.4. The first-order valence-electron chi connectivity index (χ1n) is 5.98. The molecule has 0 amide bonds. The Morgan fingerprint density at radius 1 is 0.938 bits per heavy atom. The third-order valence-electron chi connectivity index (χ3n) is 2.94. The predicted octanol–water partition coefficient (Wildman–Crippen LogP) is 5.23. The fourth-order valence-electron chi connectivity index (χ4n) is 2.00. The van der Waals surface area contributed by atoms with E-state index in [1.54, 1.807) is 0 Å². The number of halogens is 1. The molecule has 0 saturated carbocycles. The van der Waals surface area contributed by atoms with E-state index in [9.17, 15) is 0 Å². The van der Waals surface area contributed by atoms with Crippen molar-refractivity contribution in [2.45, 2.75) is 32.6 Å². The van der Waals surface area contributed by atoms with Crippen LogP contribution in [-0.4, -0.2) is 0 Å². The highest BCUT2D eigenvalue weighted by Gasteiger charge is 1.97. The first-order valence-corrected chi connectivity index (χ1v) is 6.35. The Morgan fingerprint density at radius 2 is 1.69 bits per heavy atom. The minimum atomic E-state index is 0.811. The Bertz CT molecular complexity index is 474. The summed E-state index contributed by atoms with van der Waals surface area (Å²) in [7, 11) is 0. The quantitative estimate of drug-likeness (QED) is 0.634. The molecule has 0 radical (unpaired) electrons. The van der Waals surface area contributed by atoms with Crippen molar-refractivity contribution >= 4 is 22.4 Å². The van der Waals surface area contributed by atoms with Crippen LogP contribution in [0.5, 0.6) is 0 Å². The molecule has 0 heterocycles. The highest BCUT2D eigenvalue weighted by atomic mass is 35.5. The molecule has 0 bridgehead atoms. The molecule has 16 heavy (non-hydrogen) atoms. The van der Waals surface area contributed by atoms with Gasteiger partial charge in [-0.25, -0.2) is 0 Å². The van der Waals surface area contributed by atoms with Crippen molar-refractivity contribution in [3.05, 3.63) is 47.0 Å². The molecule has 2 aromatic carbocycles. The molecular weight excluding hydrogens is 216 g/mol. The molecule has 0 aromatic heterocycles. The van der Waals surface area contributed by atoms with Gasteiger partial charge in [-0.2, -0.15) is 0 Å². The van der Waals surface area contributed by atoms with Gasteiger partial charge in [0.05, 0.1) is 0 Å². The van der Waals surface area contributed by atoms with Crippen molar-refractivity contribution in [3.8, 4) is 0 Å². The van der Waals surface area contributed by atoms with Crippen molar-refractivity contribution in [2.24, 2.45) is 0 Å². The number of fused-ring (bicyclic) bond motifs is 1. The Balaban J connectivity index is 2.20. The number of rotatable bonds is 4. The molecule has 1 heteroatoms. The van der Waals surface area contributed by atoms with Gasteiger partial charge >= 0.3 is 0 Å². The molecule has 84 valence electrons. The van der Waals surface area contributed by atoms with E-state index in [-0.39, 0.29) is 0 Å². The highest BCUT2D eigenvalue weighted by molar-refractivity contribution is 6.31. The molecule has 0 aliphatic heterocycles. The zero-order valence-electron chi connectivity index (χ0n) is 9.67. The van der Waals surface area contributed by atoms with Gasteiger partial charge in [-0.15, -0.1) is 0 Å². The summed E-state index contributed by atoms with van der Waals surface area (Å²) in [5.41, 5.74) is 1.43. The van der Waals surface area contributed by atoms with Crippen LogP contribution in [0.3, 0.4) is 0 Å². The first kappa shape index (κ1) is 11.5. The van der Waals surface area contributed by atoms with Crippen LogP contribution >= 0.6 is 11.6 Å². The fraction of sp³-hybridized carbons (Fsp3) is 0.333. The number of unbranched alkanes of at least 4 members (excludes halogenated alkanes) is 2. The maximum Gasteiger partial charge on any atom is 0.0412 e. The Kier molecular flexibility index (Phi) is 3.84. The highest BCUT2D eigenvalue weighted by Crippen LogP contribution is 2.21. The van der Waals surface area contributed by atoms with E-state index in [4.69, 9.17) is 11.6 Å². The van der Waals surface area contributed by atoms with E-state index < -0.39 is 0 Å². The molecule has 2 rings (SSSR count). The average molecular weight is 233 g/mol. The fourth-order valence-corrected chi connectivity index (χ4v) is 2.18.